The third-order valence-electron chi connectivity index (χ3n) is 5.37. The van der Waals surface area contributed by atoms with Crippen molar-refractivity contribution in [2.45, 2.75) is 12.7 Å². The van der Waals surface area contributed by atoms with E-state index in [9.17, 15) is 14.3 Å². The van der Waals surface area contributed by atoms with Crippen LogP contribution in [0.1, 0.15) is 27.7 Å². The molecule has 0 bridgehead atoms. The number of phenolic OH excluding ortho intramolecular Hbond substituents is 1. The summed E-state index contributed by atoms with van der Waals surface area (Å²) in [6.45, 7) is -0.503. The molecule has 9 heteroatoms. The van der Waals surface area contributed by atoms with E-state index in [4.69, 9.17) is 17.3 Å². The Morgan fingerprint density at radius 2 is 1.97 bits per heavy atom. The van der Waals surface area contributed by atoms with Gasteiger partial charge in [0.1, 0.15) is 12.4 Å². The summed E-state index contributed by atoms with van der Waals surface area (Å²) < 4.78 is 13.4. The number of benzene rings is 2. The third-order valence-corrected chi connectivity index (χ3v) is 5.60. The number of nitrogens with one attached hydrogen (secondary N) is 2. The fourth-order valence-corrected chi connectivity index (χ4v) is 3.72. The summed E-state index contributed by atoms with van der Waals surface area (Å²) in [6.07, 6.45) is 4.66. The van der Waals surface area contributed by atoms with Gasteiger partial charge in [0.05, 0.1) is 17.3 Å². The molecule has 0 saturated heterocycles. The first kappa shape index (κ1) is 24.1. The molecular weight excluding hydrogens is 469 g/mol. The van der Waals surface area contributed by atoms with E-state index in [0.717, 1.165) is 0 Å². The van der Waals surface area contributed by atoms with Gasteiger partial charge in [-0.05, 0) is 66.2 Å². The number of carbonyl (C=O) groups is 1. The number of hydrogen-bond acceptors (Lipinski definition) is 6. The van der Waals surface area contributed by atoms with Crippen molar-refractivity contribution in [2.75, 3.05) is 11.9 Å². The van der Waals surface area contributed by atoms with Crippen LogP contribution in [0.25, 0.3) is 11.1 Å². The Morgan fingerprint density at radius 3 is 2.74 bits per heavy atom. The molecule has 0 saturated carbocycles. The molecule has 0 fully saturated rings. The Labute approximate surface area is 206 Å². The highest BCUT2D eigenvalue weighted by Gasteiger charge is 2.14. The maximum atomic E-state index is 13.4. The number of aromatic nitrogens is 2. The summed E-state index contributed by atoms with van der Waals surface area (Å²) in [6, 6.07) is 16.2. The molecule has 178 valence electrons. The van der Waals surface area contributed by atoms with E-state index in [1.807, 2.05) is 0 Å². The molecule has 0 aliphatic rings. The number of nitrogens with zero attached hydrogens (tertiary/aromatic N) is 2. The monoisotopic (exact) mass is 491 g/mol. The van der Waals surface area contributed by atoms with Gasteiger partial charge in [-0.1, -0.05) is 11.6 Å². The molecule has 0 radical (unpaired) electrons. The third kappa shape index (κ3) is 5.92. The van der Waals surface area contributed by atoms with Gasteiger partial charge in [0.15, 0.2) is 0 Å². The van der Waals surface area contributed by atoms with E-state index < -0.39 is 12.7 Å². The number of anilines is 2. The molecule has 35 heavy (non-hydrogen) atoms. The van der Waals surface area contributed by atoms with Crippen LogP contribution in [0, 0.1) is 0 Å². The number of alkyl halides is 1. The quantitative estimate of drug-likeness (QED) is 0.254. The van der Waals surface area contributed by atoms with Crippen LogP contribution in [-0.2, 0) is 6.67 Å². The SMILES string of the molecule is NC(CNC(=O)c1cccnc1)c1cc(-c2cc(Nc3ccc(Cl)cc3CF)ccc2O)ccn1. The van der Waals surface area contributed by atoms with E-state index in [1.165, 1.54) is 6.20 Å². The minimum absolute atomic E-state index is 0.0629. The van der Waals surface area contributed by atoms with Crippen LogP contribution in [0.5, 0.6) is 5.75 Å². The van der Waals surface area contributed by atoms with Crippen molar-refractivity contribution in [3.8, 4) is 16.9 Å². The van der Waals surface area contributed by atoms with Gasteiger partial charge < -0.3 is 21.5 Å². The molecule has 2 aromatic heterocycles. The van der Waals surface area contributed by atoms with E-state index in [-0.39, 0.29) is 18.2 Å². The standard InChI is InChI=1S/C26H23ClFN5O2/c27-19-3-5-23(18(10-19)13-28)33-20-4-6-25(34)21(12-20)16-7-9-31-24(11-16)22(29)15-32-26(35)17-2-1-8-30-14-17/h1-12,14,22,33-34H,13,15,29H2,(H,32,35). The fraction of sp³-hybridized carbons (Fsp3) is 0.115. The van der Waals surface area contributed by atoms with Crippen molar-refractivity contribution < 1.29 is 14.3 Å². The highest BCUT2D eigenvalue weighted by Crippen LogP contribution is 2.34. The van der Waals surface area contributed by atoms with E-state index in [1.54, 1.807) is 73.1 Å². The van der Waals surface area contributed by atoms with Crippen molar-refractivity contribution in [3.05, 3.63) is 101 Å². The van der Waals surface area contributed by atoms with Crippen molar-refractivity contribution in [1.29, 1.82) is 0 Å². The lowest BCUT2D eigenvalue weighted by Gasteiger charge is -2.15. The van der Waals surface area contributed by atoms with Gasteiger partial charge in [0.25, 0.3) is 5.91 Å². The Bertz CT molecular complexity index is 1340. The van der Waals surface area contributed by atoms with Crippen LogP contribution >= 0.6 is 11.6 Å². The molecule has 0 aliphatic carbocycles. The van der Waals surface area contributed by atoms with Crippen LogP contribution in [0.15, 0.2) is 79.3 Å². The normalized spacial score (nSPS) is 11.6. The lowest BCUT2D eigenvalue weighted by molar-refractivity contribution is 0.0950. The smallest absolute Gasteiger partial charge is 0.252 e. The second kappa shape index (κ2) is 10.9. The fourth-order valence-electron chi connectivity index (χ4n) is 3.52. The number of hydrogen-bond donors (Lipinski definition) is 4. The first-order valence-corrected chi connectivity index (χ1v) is 11.2. The molecular formula is C26H23ClFN5O2. The highest BCUT2D eigenvalue weighted by molar-refractivity contribution is 6.30. The van der Waals surface area contributed by atoms with Gasteiger partial charge in [-0.2, -0.15) is 0 Å². The molecule has 0 spiro atoms. The zero-order valence-electron chi connectivity index (χ0n) is 18.6. The number of aromatic hydroxyl groups is 1. The molecule has 7 nitrogen and oxygen atoms in total. The van der Waals surface area contributed by atoms with E-state index >= 15 is 0 Å². The van der Waals surface area contributed by atoms with Crippen LogP contribution in [0.3, 0.4) is 0 Å². The lowest BCUT2D eigenvalue weighted by atomic mass is 10.0. The van der Waals surface area contributed by atoms with Gasteiger partial charge in [-0.25, -0.2) is 4.39 Å². The average Bonchev–Trinajstić information content (AvgIpc) is 2.89. The zero-order valence-corrected chi connectivity index (χ0v) is 19.3. The maximum Gasteiger partial charge on any atom is 0.252 e. The molecule has 2 heterocycles. The van der Waals surface area contributed by atoms with E-state index in [2.05, 4.69) is 20.6 Å². The predicted octanol–water partition coefficient (Wildman–Crippen LogP) is 5.15. The molecule has 0 aliphatic heterocycles. The molecule has 5 N–H and O–H groups in total. The van der Waals surface area contributed by atoms with Gasteiger partial charge in [-0.3, -0.25) is 14.8 Å². The topological polar surface area (TPSA) is 113 Å². The lowest BCUT2D eigenvalue weighted by Crippen LogP contribution is -2.32. The van der Waals surface area contributed by atoms with Gasteiger partial charge >= 0.3 is 0 Å². The minimum Gasteiger partial charge on any atom is -0.507 e. The number of phenols is 1. The highest BCUT2D eigenvalue weighted by atomic mass is 35.5. The number of carbonyl (C=O) groups excluding carboxylic acids is 1. The largest absolute Gasteiger partial charge is 0.507 e. The van der Waals surface area contributed by atoms with E-state index in [0.29, 0.717) is 44.3 Å². The Morgan fingerprint density at radius 1 is 1.11 bits per heavy atom. The second-order valence-electron chi connectivity index (χ2n) is 7.82. The van der Waals surface area contributed by atoms with Gasteiger partial charge in [0.2, 0.25) is 0 Å². The van der Waals surface area contributed by atoms with Crippen LogP contribution in [0.2, 0.25) is 5.02 Å². The van der Waals surface area contributed by atoms with Gasteiger partial charge in [-0.15, -0.1) is 0 Å². The van der Waals surface area contributed by atoms with Crippen molar-refractivity contribution in [1.82, 2.24) is 15.3 Å². The summed E-state index contributed by atoms with van der Waals surface area (Å²) >= 11 is 5.97. The first-order valence-electron chi connectivity index (χ1n) is 10.8. The molecule has 2 aromatic carbocycles. The minimum atomic E-state index is -0.670. The Balaban J connectivity index is 1.52. The second-order valence-corrected chi connectivity index (χ2v) is 8.26. The molecule has 1 atom stereocenters. The molecule has 1 amide bonds. The number of amides is 1. The summed E-state index contributed by atoms with van der Waals surface area (Å²) in [4.78, 5) is 20.5. The molecule has 4 aromatic rings. The van der Waals surface area contributed by atoms with Crippen LogP contribution in [0.4, 0.5) is 15.8 Å². The average molecular weight is 492 g/mol. The number of rotatable bonds is 8. The van der Waals surface area contributed by atoms with Crippen molar-refractivity contribution in [3.63, 3.8) is 0 Å². The van der Waals surface area contributed by atoms with Crippen molar-refractivity contribution >= 4 is 28.9 Å². The molecule has 4 rings (SSSR count). The number of halogens is 2. The maximum absolute atomic E-state index is 13.4. The number of nitrogens with two attached hydrogens (primary N) is 1. The summed E-state index contributed by atoms with van der Waals surface area (Å²) in [5.74, 6) is -0.219. The number of pyridine rings is 2. The Kier molecular flexibility index (Phi) is 7.54. The summed E-state index contributed by atoms with van der Waals surface area (Å²) in [5, 5.41) is 16.9. The van der Waals surface area contributed by atoms with Crippen molar-refractivity contribution in [2.24, 2.45) is 5.73 Å². The summed E-state index contributed by atoms with van der Waals surface area (Å²) in [7, 11) is 0. The predicted molar refractivity (Wildman–Crippen MR) is 134 cm³/mol. The van der Waals surface area contributed by atoms with Crippen LogP contribution < -0.4 is 16.4 Å². The van der Waals surface area contributed by atoms with Gasteiger partial charge in [0, 0.05) is 52.7 Å². The molecule has 1 unspecified atom stereocenters. The summed E-state index contributed by atoms with van der Waals surface area (Å²) in [5.41, 5.74) is 10.1. The Hall–Kier alpha value is -4.01. The van der Waals surface area contributed by atoms with Crippen LogP contribution in [-0.4, -0.2) is 27.5 Å². The zero-order chi connectivity index (χ0) is 24.8. The first-order chi connectivity index (χ1) is 16.9.